The van der Waals surface area contributed by atoms with E-state index in [9.17, 15) is 14.4 Å². The maximum absolute atomic E-state index is 12.6. The Hall–Kier alpha value is -2.13. The van der Waals surface area contributed by atoms with Gasteiger partial charge in [0.25, 0.3) is 0 Å². The molecule has 1 aliphatic rings. The lowest BCUT2D eigenvalue weighted by Gasteiger charge is -2.34. The molecule has 5 nitrogen and oxygen atoms in total. The van der Waals surface area contributed by atoms with E-state index in [1.165, 1.54) is 0 Å². The summed E-state index contributed by atoms with van der Waals surface area (Å²) in [5.74, 6) is 0.177. The van der Waals surface area contributed by atoms with Crippen molar-refractivity contribution in [1.29, 1.82) is 0 Å². The second-order valence-electron chi connectivity index (χ2n) is 4.71. The smallest absolute Gasteiger partial charge is 0.277 e. The lowest BCUT2D eigenvalue weighted by Crippen LogP contribution is -2.59. The van der Waals surface area contributed by atoms with Gasteiger partial charge < -0.3 is 0 Å². The van der Waals surface area contributed by atoms with Crippen molar-refractivity contribution in [1.82, 2.24) is 10.2 Å². The van der Waals surface area contributed by atoms with Crippen LogP contribution in [0.4, 0.5) is 4.79 Å². The molecule has 1 saturated heterocycles. The van der Waals surface area contributed by atoms with Crippen LogP contribution in [-0.2, 0) is 9.59 Å². The standard InChI is InChI=1S/C15H13BrN2O3/c1-3-6-9(2)18-14(20)12(13(19)17-15(18)21)10-7-4-5-8-11(10)16/h1,4-5,7-9,12H,6H2,2H3,(H,17,19,21). The molecule has 6 heteroatoms. The predicted molar refractivity (Wildman–Crippen MR) is 80.2 cm³/mol. The van der Waals surface area contributed by atoms with Crippen LogP contribution in [0.5, 0.6) is 0 Å². The minimum atomic E-state index is -1.06. The van der Waals surface area contributed by atoms with Crippen molar-refractivity contribution in [3.63, 3.8) is 0 Å². The molecule has 1 aromatic rings. The number of nitrogens with zero attached hydrogens (tertiary/aromatic N) is 1. The Morgan fingerprint density at radius 2 is 2.05 bits per heavy atom. The molecule has 2 unspecified atom stereocenters. The number of hydrogen-bond acceptors (Lipinski definition) is 3. The van der Waals surface area contributed by atoms with Crippen LogP contribution in [0, 0.1) is 12.3 Å². The number of amides is 4. The molecule has 4 amide bonds. The summed E-state index contributed by atoms with van der Waals surface area (Å²) < 4.78 is 0.636. The lowest BCUT2D eigenvalue weighted by molar-refractivity contribution is -0.139. The Kier molecular flexibility index (Phi) is 4.43. The molecule has 1 N–H and O–H groups in total. The third-order valence-electron chi connectivity index (χ3n) is 3.27. The molecular weight excluding hydrogens is 336 g/mol. The van der Waals surface area contributed by atoms with Crippen LogP contribution in [-0.4, -0.2) is 28.8 Å². The van der Waals surface area contributed by atoms with Crippen LogP contribution in [0.3, 0.4) is 0 Å². The second-order valence-corrected chi connectivity index (χ2v) is 5.57. The van der Waals surface area contributed by atoms with Crippen molar-refractivity contribution in [3.8, 4) is 12.3 Å². The summed E-state index contributed by atoms with van der Waals surface area (Å²) in [5, 5.41) is 2.21. The van der Waals surface area contributed by atoms with Gasteiger partial charge in [-0.2, -0.15) is 0 Å². The van der Waals surface area contributed by atoms with Crippen molar-refractivity contribution < 1.29 is 14.4 Å². The number of hydrogen-bond donors (Lipinski definition) is 1. The van der Waals surface area contributed by atoms with Crippen LogP contribution >= 0.6 is 15.9 Å². The van der Waals surface area contributed by atoms with E-state index in [2.05, 4.69) is 27.2 Å². The summed E-state index contributed by atoms with van der Waals surface area (Å²) >= 11 is 3.32. The number of carbonyl (C=O) groups is 3. The van der Waals surface area contributed by atoms with Crippen LogP contribution in [0.15, 0.2) is 28.7 Å². The van der Waals surface area contributed by atoms with E-state index in [0.29, 0.717) is 10.0 Å². The highest BCUT2D eigenvalue weighted by atomic mass is 79.9. The maximum atomic E-state index is 12.6. The SMILES string of the molecule is C#CCC(C)N1C(=O)NC(=O)C(c2ccccc2Br)C1=O. The average molecular weight is 349 g/mol. The molecule has 2 atom stereocenters. The van der Waals surface area contributed by atoms with Crippen molar-refractivity contribution in [2.24, 2.45) is 0 Å². The first-order valence-electron chi connectivity index (χ1n) is 6.33. The number of rotatable bonds is 3. The van der Waals surface area contributed by atoms with Gasteiger partial charge in [-0.15, -0.1) is 12.3 Å². The summed E-state index contributed by atoms with van der Waals surface area (Å²) in [6, 6.07) is 5.72. The highest BCUT2D eigenvalue weighted by Crippen LogP contribution is 2.29. The highest BCUT2D eigenvalue weighted by Gasteiger charge is 2.43. The van der Waals surface area contributed by atoms with Gasteiger partial charge in [0.2, 0.25) is 11.8 Å². The molecule has 1 fully saturated rings. The number of nitrogens with one attached hydrogen (secondary N) is 1. The molecule has 21 heavy (non-hydrogen) atoms. The normalized spacial score (nSPS) is 20.0. The highest BCUT2D eigenvalue weighted by molar-refractivity contribution is 9.10. The fourth-order valence-electron chi connectivity index (χ4n) is 2.25. The summed E-state index contributed by atoms with van der Waals surface area (Å²) in [6.45, 7) is 1.67. The Bertz CT molecular complexity index is 651. The van der Waals surface area contributed by atoms with Gasteiger partial charge in [0.1, 0.15) is 5.92 Å². The zero-order chi connectivity index (χ0) is 15.6. The fraction of sp³-hybridized carbons (Fsp3) is 0.267. The molecule has 0 bridgehead atoms. The minimum Gasteiger partial charge on any atom is -0.277 e. The van der Waals surface area contributed by atoms with Crippen LogP contribution in [0.2, 0.25) is 0 Å². The van der Waals surface area contributed by atoms with Crippen molar-refractivity contribution >= 4 is 33.8 Å². The van der Waals surface area contributed by atoms with Gasteiger partial charge in [0, 0.05) is 16.9 Å². The average Bonchev–Trinajstić information content (AvgIpc) is 2.40. The first kappa shape index (κ1) is 15.3. The van der Waals surface area contributed by atoms with Crippen LogP contribution < -0.4 is 5.32 Å². The molecule has 0 aliphatic carbocycles. The quantitative estimate of drug-likeness (QED) is 0.671. The summed E-state index contributed by atoms with van der Waals surface area (Å²) in [4.78, 5) is 37.5. The van der Waals surface area contributed by atoms with Gasteiger partial charge in [-0.25, -0.2) is 4.79 Å². The monoisotopic (exact) mass is 348 g/mol. The van der Waals surface area contributed by atoms with Gasteiger partial charge in [-0.05, 0) is 18.6 Å². The van der Waals surface area contributed by atoms with Gasteiger partial charge in [0.05, 0.1) is 0 Å². The molecule has 108 valence electrons. The van der Waals surface area contributed by atoms with Crippen LogP contribution in [0.1, 0.15) is 24.8 Å². The van der Waals surface area contributed by atoms with Crippen molar-refractivity contribution in [3.05, 3.63) is 34.3 Å². The predicted octanol–water partition coefficient (Wildman–Crippen LogP) is 2.02. The second kappa shape index (κ2) is 6.10. The fourth-order valence-corrected chi connectivity index (χ4v) is 2.77. The van der Waals surface area contributed by atoms with E-state index in [-0.39, 0.29) is 6.42 Å². The molecule has 1 aromatic carbocycles. The molecule has 2 rings (SSSR count). The van der Waals surface area contributed by atoms with E-state index in [4.69, 9.17) is 6.42 Å². The minimum absolute atomic E-state index is 0.232. The van der Waals surface area contributed by atoms with E-state index in [1.807, 2.05) is 0 Å². The number of carbonyl (C=O) groups excluding carboxylic acids is 3. The Morgan fingerprint density at radius 1 is 1.38 bits per heavy atom. The van der Waals surface area contributed by atoms with E-state index < -0.39 is 29.8 Å². The Morgan fingerprint density at radius 3 is 2.67 bits per heavy atom. The lowest BCUT2D eigenvalue weighted by atomic mass is 9.94. The summed E-state index contributed by atoms with van der Waals surface area (Å²) in [5.41, 5.74) is 0.519. The number of terminal acetylenes is 1. The largest absolute Gasteiger partial charge is 0.331 e. The number of urea groups is 1. The summed E-state index contributed by atoms with van der Waals surface area (Å²) in [6.07, 6.45) is 5.46. The summed E-state index contributed by atoms with van der Waals surface area (Å²) in [7, 11) is 0. The van der Waals surface area contributed by atoms with Gasteiger partial charge >= 0.3 is 6.03 Å². The molecule has 0 aromatic heterocycles. The Balaban J connectivity index is 2.41. The zero-order valence-corrected chi connectivity index (χ0v) is 12.9. The maximum Gasteiger partial charge on any atom is 0.331 e. The number of benzene rings is 1. The van der Waals surface area contributed by atoms with Gasteiger partial charge in [0.15, 0.2) is 0 Å². The van der Waals surface area contributed by atoms with Gasteiger partial charge in [-0.3, -0.25) is 19.8 Å². The van der Waals surface area contributed by atoms with Crippen LogP contribution in [0.25, 0.3) is 0 Å². The molecular formula is C15H13BrN2O3. The molecule has 1 aliphatic heterocycles. The van der Waals surface area contributed by atoms with E-state index >= 15 is 0 Å². The number of imide groups is 2. The Labute approximate surface area is 130 Å². The number of barbiturate groups is 1. The molecule has 0 radical (unpaired) electrons. The zero-order valence-electron chi connectivity index (χ0n) is 11.3. The molecule has 0 spiro atoms. The van der Waals surface area contributed by atoms with E-state index in [1.54, 1.807) is 31.2 Å². The first-order chi connectivity index (χ1) is 9.97. The third-order valence-corrected chi connectivity index (χ3v) is 3.99. The van der Waals surface area contributed by atoms with E-state index in [0.717, 1.165) is 4.90 Å². The van der Waals surface area contributed by atoms with Gasteiger partial charge in [-0.1, -0.05) is 34.1 Å². The first-order valence-corrected chi connectivity index (χ1v) is 7.12. The third kappa shape index (κ3) is 2.83. The van der Waals surface area contributed by atoms with Crippen molar-refractivity contribution in [2.45, 2.75) is 25.3 Å². The van der Waals surface area contributed by atoms with Crippen molar-refractivity contribution in [2.75, 3.05) is 0 Å². The molecule has 0 saturated carbocycles. The number of halogens is 1. The topological polar surface area (TPSA) is 66.5 Å². The molecule has 1 heterocycles.